The summed E-state index contributed by atoms with van der Waals surface area (Å²) in [5.74, 6) is 7.39. The topological polar surface area (TPSA) is 155 Å². The van der Waals surface area contributed by atoms with Crippen LogP contribution in [0.5, 0.6) is 0 Å². The van der Waals surface area contributed by atoms with Gasteiger partial charge in [0.15, 0.2) is 69.9 Å². The van der Waals surface area contributed by atoms with Crippen LogP contribution in [-0.4, -0.2) is 59.8 Å². The summed E-state index contributed by atoms with van der Waals surface area (Å²) in [6.45, 7) is 0. The van der Waals surface area contributed by atoms with Gasteiger partial charge < -0.3 is 0 Å². The number of hydrogen-bond acceptors (Lipinski definition) is 12. The van der Waals surface area contributed by atoms with Crippen molar-refractivity contribution in [3.8, 4) is 215 Å². The maximum absolute atomic E-state index is 5.24. The van der Waals surface area contributed by atoms with Gasteiger partial charge in [0.25, 0.3) is 0 Å². The zero-order chi connectivity index (χ0) is 84.2. The Balaban J connectivity index is 0.000000166. The van der Waals surface area contributed by atoms with Gasteiger partial charge in [0, 0.05) is 66.8 Å². The molecular formula is C114H76N12. The van der Waals surface area contributed by atoms with E-state index >= 15 is 0 Å². The first-order valence-electron chi connectivity index (χ1n) is 41.8. The Labute approximate surface area is 730 Å². The van der Waals surface area contributed by atoms with Crippen LogP contribution < -0.4 is 0 Å². The molecule has 0 aliphatic rings. The summed E-state index contributed by atoms with van der Waals surface area (Å²) in [6, 6.07) is 158. The van der Waals surface area contributed by atoms with Gasteiger partial charge in [-0.2, -0.15) is 0 Å². The highest BCUT2D eigenvalue weighted by atomic mass is 15.1. The number of rotatable bonds is 19. The van der Waals surface area contributed by atoms with E-state index in [1.807, 2.05) is 237 Å². The van der Waals surface area contributed by atoms with Crippen LogP contribution in [0, 0.1) is 0 Å². The molecule has 12 heteroatoms. The van der Waals surface area contributed by atoms with Gasteiger partial charge in [0.1, 0.15) is 0 Å². The third-order valence-corrected chi connectivity index (χ3v) is 21.9. The minimum Gasteiger partial charge on any atom is -0.208 e. The van der Waals surface area contributed by atoms with Gasteiger partial charge in [-0.3, -0.25) is 0 Å². The summed E-state index contributed by atoms with van der Waals surface area (Å²) in [5, 5.41) is 0. The lowest BCUT2D eigenvalue weighted by Gasteiger charge is -2.13. The largest absolute Gasteiger partial charge is 0.208 e. The molecule has 4 heterocycles. The maximum Gasteiger partial charge on any atom is 0.164 e. The van der Waals surface area contributed by atoms with E-state index in [9.17, 15) is 0 Å². The third kappa shape index (κ3) is 17.6. The van der Waals surface area contributed by atoms with Gasteiger partial charge in [0.05, 0.1) is 0 Å². The van der Waals surface area contributed by atoms with Gasteiger partial charge in [-0.15, -0.1) is 0 Å². The molecule has 592 valence electrons. The molecule has 0 radical (unpaired) electrons. The number of aromatic nitrogens is 12. The molecule has 126 heavy (non-hydrogen) atoms. The van der Waals surface area contributed by atoms with Crippen LogP contribution in [0.1, 0.15) is 0 Å². The molecule has 0 saturated carbocycles. The average molecular weight is 1610 g/mol. The van der Waals surface area contributed by atoms with Gasteiger partial charge in [-0.25, -0.2) is 59.8 Å². The zero-order valence-corrected chi connectivity index (χ0v) is 68.2. The van der Waals surface area contributed by atoms with Crippen molar-refractivity contribution in [1.82, 2.24) is 59.8 Å². The highest BCUT2D eigenvalue weighted by molar-refractivity contribution is 5.85. The SMILES string of the molecule is c1ccc(-c2cc(-c3ccccc3)cc(-c3nc(-c4ccccc4)nc(-c4cccc(-c5cccc(-c6cccc(-c7cccc(-c8nc(-c9ccccc9)nc(-c9ccccc9)n8)c7)c6)c5)c4)n3)c2)cc1.c1ccc(-c2cccc(-c3nc(-c4ccccc4)nc(-c4cccc(-c5cccc(-c6nc(-c7ccccc7)nc(-c7ccccc7)n6)c5)c4)n3)c2)cc1. The van der Waals surface area contributed by atoms with Crippen molar-refractivity contribution >= 4 is 0 Å². The van der Waals surface area contributed by atoms with Crippen molar-refractivity contribution in [2.75, 3.05) is 0 Å². The van der Waals surface area contributed by atoms with E-state index < -0.39 is 0 Å². The highest BCUT2D eigenvalue weighted by Gasteiger charge is 2.21. The normalized spacial score (nSPS) is 11.0. The molecule has 0 amide bonds. The van der Waals surface area contributed by atoms with Crippen molar-refractivity contribution in [2.24, 2.45) is 0 Å². The van der Waals surface area contributed by atoms with Crippen LogP contribution >= 0.6 is 0 Å². The van der Waals surface area contributed by atoms with Crippen LogP contribution in [-0.2, 0) is 0 Å². The molecule has 0 fully saturated rings. The summed E-state index contributed by atoms with van der Waals surface area (Å²) in [6.07, 6.45) is 0. The second kappa shape index (κ2) is 36.0. The first-order chi connectivity index (χ1) is 62.4. The van der Waals surface area contributed by atoms with Crippen molar-refractivity contribution in [3.63, 3.8) is 0 Å². The fraction of sp³-hybridized carbons (Fsp3) is 0. The smallest absolute Gasteiger partial charge is 0.164 e. The Bertz CT molecular complexity index is 7250. The molecule has 0 bridgehead atoms. The molecule has 4 aromatic heterocycles. The average Bonchev–Trinajstić information content (AvgIpc) is 0.784. The van der Waals surface area contributed by atoms with E-state index in [0.29, 0.717) is 69.9 Å². The van der Waals surface area contributed by atoms with Crippen LogP contribution in [0.3, 0.4) is 0 Å². The van der Waals surface area contributed by atoms with Crippen molar-refractivity contribution < 1.29 is 0 Å². The Morgan fingerprint density at radius 1 is 0.0714 bits per heavy atom. The fourth-order valence-corrected chi connectivity index (χ4v) is 15.5. The van der Waals surface area contributed by atoms with Crippen molar-refractivity contribution in [1.29, 1.82) is 0 Å². The lowest BCUT2D eigenvalue weighted by atomic mass is 9.95. The number of hydrogen-bond donors (Lipinski definition) is 0. The number of benzene rings is 17. The van der Waals surface area contributed by atoms with Crippen LogP contribution in [0.4, 0.5) is 0 Å². The Kier molecular flexibility index (Phi) is 22.1. The quantitative estimate of drug-likeness (QED) is 0.0757. The second-order valence-electron chi connectivity index (χ2n) is 30.4. The van der Waals surface area contributed by atoms with E-state index in [1.54, 1.807) is 0 Å². The minimum absolute atomic E-state index is 0.597. The molecule has 0 saturated heterocycles. The van der Waals surface area contributed by atoms with Gasteiger partial charge in [-0.05, 0) is 139 Å². The van der Waals surface area contributed by atoms with E-state index in [2.05, 4.69) is 224 Å². The van der Waals surface area contributed by atoms with Crippen LogP contribution in [0.2, 0.25) is 0 Å². The lowest BCUT2D eigenvalue weighted by molar-refractivity contribution is 1.07. The first kappa shape index (κ1) is 77.4. The van der Waals surface area contributed by atoms with Crippen molar-refractivity contribution in [3.05, 3.63) is 461 Å². The van der Waals surface area contributed by atoms with E-state index in [1.165, 1.54) is 0 Å². The molecule has 0 unspecified atom stereocenters. The van der Waals surface area contributed by atoms with Crippen LogP contribution in [0.25, 0.3) is 215 Å². The van der Waals surface area contributed by atoms with E-state index in [4.69, 9.17) is 59.8 Å². The Morgan fingerprint density at radius 2 is 0.175 bits per heavy atom. The summed E-state index contributed by atoms with van der Waals surface area (Å²) in [5.41, 5.74) is 26.2. The molecule has 0 spiro atoms. The monoisotopic (exact) mass is 1610 g/mol. The van der Waals surface area contributed by atoms with Crippen molar-refractivity contribution in [2.45, 2.75) is 0 Å². The predicted molar refractivity (Wildman–Crippen MR) is 510 cm³/mol. The molecule has 0 atom stereocenters. The Hall–Kier alpha value is -17.2. The third-order valence-electron chi connectivity index (χ3n) is 21.9. The number of nitrogens with zero attached hydrogens (tertiary/aromatic N) is 12. The Morgan fingerprint density at radius 3 is 0.357 bits per heavy atom. The maximum atomic E-state index is 5.24. The molecule has 21 aromatic rings. The van der Waals surface area contributed by atoms with Gasteiger partial charge in [-0.1, -0.05) is 400 Å². The summed E-state index contributed by atoms with van der Waals surface area (Å²) >= 11 is 0. The lowest BCUT2D eigenvalue weighted by Crippen LogP contribution is -2.00. The molecule has 12 nitrogen and oxygen atoms in total. The minimum atomic E-state index is 0.597. The van der Waals surface area contributed by atoms with Crippen LogP contribution in [0.15, 0.2) is 461 Å². The first-order valence-corrected chi connectivity index (χ1v) is 41.8. The zero-order valence-electron chi connectivity index (χ0n) is 68.2. The molecule has 17 aromatic carbocycles. The fourth-order valence-electron chi connectivity index (χ4n) is 15.5. The molecule has 0 N–H and O–H groups in total. The van der Waals surface area contributed by atoms with E-state index in [-0.39, 0.29) is 0 Å². The summed E-state index contributed by atoms with van der Waals surface area (Å²) in [4.78, 5) is 60.2. The summed E-state index contributed by atoms with van der Waals surface area (Å²) < 4.78 is 0. The van der Waals surface area contributed by atoms with E-state index in [0.717, 1.165) is 145 Å². The molecule has 21 rings (SSSR count). The molecule has 0 aliphatic heterocycles. The predicted octanol–water partition coefficient (Wildman–Crippen LogP) is 27.8. The van der Waals surface area contributed by atoms with Gasteiger partial charge in [0.2, 0.25) is 0 Å². The van der Waals surface area contributed by atoms with Gasteiger partial charge >= 0.3 is 0 Å². The summed E-state index contributed by atoms with van der Waals surface area (Å²) in [7, 11) is 0. The molecule has 0 aliphatic carbocycles. The highest BCUT2D eigenvalue weighted by Crippen LogP contribution is 2.39. The molecular weight excluding hydrogens is 1540 g/mol. The standard InChI is InChI=1S/C66H44N6.C48H32N6/c1-6-20-45(21-7-1)58-42-59(46-22-8-2-9-23-46)44-60(43-58)66-71-63(49-28-14-5-15-29-49)70-65(72-66)57-37-19-35-55(41-57)53-33-17-31-51(39-53)50-30-16-32-52(38-50)54-34-18-36-56(40-54)64-68-61(47-24-10-3-11-25-47)67-62(69-64)48-26-12-4-13-27-48;1-5-16-33(17-6-1)37-24-13-27-40(30-37)47-52-45(36-22-11-4-12-23-36)53-48(54-47)42-29-15-26-39(32-42)38-25-14-28-41(31-38)46-50-43(34-18-7-2-8-19-34)49-44(51-46)35-20-9-3-10-21-35/h1-44H;1-32H. The second-order valence-corrected chi connectivity index (χ2v) is 30.4.